The van der Waals surface area contributed by atoms with E-state index >= 15 is 0 Å². The molecule has 0 saturated carbocycles. The van der Waals surface area contributed by atoms with Crippen molar-refractivity contribution in [2.45, 2.75) is 19.6 Å². The van der Waals surface area contributed by atoms with Gasteiger partial charge < -0.3 is 15.0 Å². The fourth-order valence-corrected chi connectivity index (χ4v) is 2.49. The van der Waals surface area contributed by atoms with Crippen molar-refractivity contribution in [3.63, 3.8) is 0 Å². The third-order valence-corrected chi connectivity index (χ3v) is 3.58. The number of H-pyrrole nitrogens is 1. The molecule has 1 aliphatic heterocycles. The molecule has 0 radical (unpaired) electrons. The lowest BCUT2D eigenvalue weighted by Crippen LogP contribution is -2.49. The Morgan fingerprint density at radius 1 is 1.48 bits per heavy atom. The van der Waals surface area contributed by atoms with Gasteiger partial charge in [0.2, 0.25) is 5.95 Å². The van der Waals surface area contributed by atoms with Gasteiger partial charge in [0.25, 0.3) is 0 Å². The van der Waals surface area contributed by atoms with E-state index in [1.54, 1.807) is 6.07 Å². The van der Waals surface area contributed by atoms with Crippen molar-refractivity contribution in [2.75, 3.05) is 24.5 Å². The first-order valence-electron chi connectivity index (χ1n) is 6.99. The van der Waals surface area contributed by atoms with Crippen LogP contribution in [0.4, 0.5) is 5.95 Å². The minimum atomic E-state index is 0.342. The second-order valence-corrected chi connectivity index (χ2v) is 5.57. The summed E-state index contributed by atoms with van der Waals surface area (Å²) in [6.07, 6.45) is 0. The van der Waals surface area contributed by atoms with Crippen LogP contribution in [-0.2, 0) is 6.61 Å². The first-order valence-corrected chi connectivity index (χ1v) is 7.36. The first kappa shape index (κ1) is 14.2. The quantitative estimate of drug-likeness (QED) is 0.902. The third-order valence-electron chi connectivity index (χ3n) is 3.34. The van der Waals surface area contributed by atoms with E-state index in [1.807, 2.05) is 18.2 Å². The Kier molecular flexibility index (Phi) is 4.26. The molecular formula is C14H18ClN5O. The molecule has 21 heavy (non-hydrogen) atoms. The van der Waals surface area contributed by atoms with Crippen LogP contribution in [0.5, 0.6) is 5.75 Å². The minimum Gasteiger partial charge on any atom is -0.486 e. The molecule has 1 aromatic heterocycles. The second kappa shape index (κ2) is 6.32. The van der Waals surface area contributed by atoms with Gasteiger partial charge in [-0.2, -0.15) is 4.98 Å². The summed E-state index contributed by atoms with van der Waals surface area (Å²) in [6.45, 7) is 5.27. The molecule has 7 heteroatoms. The normalized spacial score (nSPS) is 18.8. The molecule has 0 unspecified atom stereocenters. The molecule has 1 saturated heterocycles. The van der Waals surface area contributed by atoms with Gasteiger partial charge in [-0.1, -0.05) is 17.7 Å². The van der Waals surface area contributed by atoms with Crippen LogP contribution in [0.2, 0.25) is 5.02 Å². The van der Waals surface area contributed by atoms with Crippen LogP contribution in [-0.4, -0.2) is 40.9 Å². The number of piperazine rings is 1. The maximum absolute atomic E-state index is 5.92. The van der Waals surface area contributed by atoms with Crippen LogP contribution in [0.1, 0.15) is 12.7 Å². The SMILES string of the molecule is C[C@@H]1CN(c2n[nH]c(COc3cccc(Cl)c3)n2)CCN1. The Balaban J connectivity index is 1.60. The van der Waals surface area contributed by atoms with Crippen LogP contribution in [0.25, 0.3) is 0 Å². The van der Waals surface area contributed by atoms with Gasteiger partial charge in [0.1, 0.15) is 12.4 Å². The number of nitrogens with zero attached hydrogens (tertiary/aromatic N) is 3. The standard InChI is InChI=1S/C14H18ClN5O/c1-10-8-20(6-5-16-10)14-17-13(18-19-14)9-21-12-4-2-3-11(15)7-12/h2-4,7,10,16H,5-6,8-9H2,1H3,(H,17,18,19)/t10-/m1/s1. The Labute approximate surface area is 128 Å². The highest BCUT2D eigenvalue weighted by molar-refractivity contribution is 6.30. The number of hydrogen-bond donors (Lipinski definition) is 2. The zero-order valence-corrected chi connectivity index (χ0v) is 12.6. The molecule has 3 rings (SSSR count). The molecule has 0 aliphatic carbocycles. The van der Waals surface area contributed by atoms with Crippen LogP contribution in [0.15, 0.2) is 24.3 Å². The summed E-state index contributed by atoms with van der Waals surface area (Å²) in [6, 6.07) is 7.75. The van der Waals surface area contributed by atoms with Gasteiger partial charge in [-0.05, 0) is 25.1 Å². The average molecular weight is 308 g/mol. The number of hydrogen-bond acceptors (Lipinski definition) is 5. The van der Waals surface area contributed by atoms with E-state index in [9.17, 15) is 0 Å². The summed E-state index contributed by atoms with van der Waals surface area (Å²) >= 11 is 5.92. The maximum Gasteiger partial charge on any atom is 0.244 e. The molecule has 1 aliphatic rings. The van der Waals surface area contributed by atoms with E-state index in [4.69, 9.17) is 16.3 Å². The number of halogens is 1. The van der Waals surface area contributed by atoms with E-state index in [1.165, 1.54) is 0 Å². The minimum absolute atomic E-state index is 0.342. The average Bonchev–Trinajstić information content (AvgIpc) is 2.94. The lowest BCUT2D eigenvalue weighted by molar-refractivity contribution is 0.296. The summed E-state index contributed by atoms with van der Waals surface area (Å²) in [5.41, 5.74) is 0. The Hall–Kier alpha value is -1.79. The summed E-state index contributed by atoms with van der Waals surface area (Å²) in [5, 5.41) is 11.2. The van der Waals surface area contributed by atoms with Crippen LogP contribution in [0.3, 0.4) is 0 Å². The molecule has 0 bridgehead atoms. The highest BCUT2D eigenvalue weighted by Crippen LogP contribution is 2.18. The van der Waals surface area contributed by atoms with Crippen molar-refractivity contribution in [3.8, 4) is 5.75 Å². The van der Waals surface area contributed by atoms with Crippen molar-refractivity contribution < 1.29 is 4.74 Å². The van der Waals surface area contributed by atoms with Gasteiger partial charge >= 0.3 is 0 Å². The maximum atomic E-state index is 5.92. The number of nitrogens with one attached hydrogen (secondary N) is 2. The van der Waals surface area contributed by atoms with E-state index in [0.29, 0.717) is 23.5 Å². The summed E-state index contributed by atoms with van der Waals surface area (Å²) in [4.78, 5) is 6.65. The number of ether oxygens (including phenoxy) is 1. The van der Waals surface area contributed by atoms with E-state index in [2.05, 4.69) is 32.3 Å². The number of benzene rings is 1. The molecule has 2 aromatic rings. The lowest BCUT2D eigenvalue weighted by Gasteiger charge is -2.30. The Bertz CT molecular complexity index is 603. The van der Waals surface area contributed by atoms with Crippen molar-refractivity contribution in [3.05, 3.63) is 35.1 Å². The number of anilines is 1. The van der Waals surface area contributed by atoms with Crippen molar-refractivity contribution in [1.82, 2.24) is 20.5 Å². The van der Waals surface area contributed by atoms with Crippen molar-refractivity contribution in [1.29, 1.82) is 0 Å². The van der Waals surface area contributed by atoms with Gasteiger partial charge in [0.05, 0.1) is 0 Å². The van der Waals surface area contributed by atoms with E-state index in [0.717, 1.165) is 31.3 Å². The zero-order valence-electron chi connectivity index (χ0n) is 11.8. The van der Waals surface area contributed by atoms with Crippen LogP contribution >= 0.6 is 11.6 Å². The predicted octanol–water partition coefficient (Wildman–Crippen LogP) is 1.84. The van der Waals surface area contributed by atoms with Gasteiger partial charge in [-0.25, -0.2) is 0 Å². The molecule has 1 atom stereocenters. The highest BCUT2D eigenvalue weighted by Gasteiger charge is 2.19. The van der Waals surface area contributed by atoms with Gasteiger partial charge in [-0.3, -0.25) is 5.10 Å². The monoisotopic (exact) mass is 307 g/mol. The zero-order chi connectivity index (χ0) is 14.7. The van der Waals surface area contributed by atoms with Gasteiger partial charge in [-0.15, -0.1) is 5.10 Å². The summed E-state index contributed by atoms with van der Waals surface area (Å²) in [5.74, 6) is 2.15. The highest BCUT2D eigenvalue weighted by atomic mass is 35.5. The Morgan fingerprint density at radius 3 is 3.19 bits per heavy atom. The summed E-state index contributed by atoms with van der Waals surface area (Å²) in [7, 11) is 0. The molecule has 0 spiro atoms. The predicted molar refractivity (Wildman–Crippen MR) is 81.8 cm³/mol. The topological polar surface area (TPSA) is 66.1 Å². The summed E-state index contributed by atoms with van der Waals surface area (Å²) < 4.78 is 5.65. The molecule has 2 heterocycles. The van der Waals surface area contributed by atoms with Gasteiger partial charge in [0.15, 0.2) is 5.82 Å². The number of aromatic nitrogens is 3. The molecule has 2 N–H and O–H groups in total. The fourth-order valence-electron chi connectivity index (χ4n) is 2.31. The van der Waals surface area contributed by atoms with Crippen molar-refractivity contribution >= 4 is 17.5 Å². The van der Waals surface area contributed by atoms with E-state index < -0.39 is 0 Å². The lowest BCUT2D eigenvalue weighted by atomic mass is 10.2. The molecule has 1 aromatic carbocycles. The van der Waals surface area contributed by atoms with Crippen LogP contribution in [0, 0.1) is 0 Å². The van der Waals surface area contributed by atoms with Crippen LogP contribution < -0.4 is 15.0 Å². The Morgan fingerprint density at radius 2 is 2.38 bits per heavy atom. The fraction of sp³-hybridized carbons (Fsp3) is 0.429. The number of rotatable bonds is 4. The van der Waals surface area contributed by atoms with Gasteiger partial charge in [0, 0.05) is 30.7 Å². The first-order chi connectivity index (χ1) is 10.2. The van der Waals surface area contributed by atoms with E-state index in [-0.39, 0.29) is 0 Å². The largest absolute Gasteiger partial charge is 0.486 e. The second-order valence-electron chi connectivity index (χ2n) is 5.13. The molecule has 6 nitrogen and oxygen atoms in total. The number of aromatic amines is 1. The molecular weight excluding hydrogens is 290 g/mol. The molecule has 112 valence electrons. The third kappa shape index (κ3) is 3.65. The smallest absolute Gasteiger partial charge is 0.244 e. The van der Waals surface area contributed by atoms with Crippen molar-refractivity contribution in [2.24, 2.45) is 0 Å². The molecule has 0 amide bonds. The molecule has 1 fully saturated rings.